The standard InChI is InChI=1S/C22H23ClN2O5/c1-2-30-22(29)16-10-13-24(14-11-16)21(28)19(25-12-4-3-5-18(25)26)20(27)15-6-8-17(23)9-7-15/h3-9,12,16,19H,2,10-11,13-14H2,1H3. The van der Waals surface area contributed by atoms with Gasteiger partial charge in [0.25, 0.3) is 11.5 Å². The molecule has 2 heterocycles. The second-order valence-electron chi connectivity index (χ2n) is 7.07. The van der Waals surface area contributed by atoms with Crippen LogP contribution in [0.3, 0.4) is 0 Å². The third kappa shape index (κ3) is 4.79. The van der Waals surface area contributed by atoms with Crippen molar-refractivity contribution in [3.8, 4) is 0 Å². The lowest BCUT2D eigenvalue weighted by Crippen LogP contribution is -2.47. The Hall–Kier alpha value is -2.93. The highest BCUT2D eigenvalue weighted by Gasteiger charge is 2.36. The second kappa shape index (κ2) is 9.71. The van der Waals surface area contributed by atoms with Crippen molar-refractivity contribution in [1.29, 1.82) is 0 Å². The first-order valence-corrected chi connectivity index (χ1v) is 10.2. The summed E-state index contributed by atoms with van der Waals surface area (Å²) >= 11 is 5.90. The zero-order chi connectivity index (χ0) is 21.7. The number of nitrogens with zero attached hydrogens (tertiary/aromatic N) is 2. The number of esters is 1. The minimum Gasteiger partial charge on any atom is -0.466 e. The molecule has 0 saturated carbocycles. The van der Waals surface area contributed by atoms with Crippen LogP contribution in [0, 0.1) is 5.92 Å². The molecule has 158 valence electrons. The fourth-order valence-electron chi connectivity index (χ4n) is 3.55. The number of likely N-dealkylation sites (tertiary alicyclic amines) is 1. The van der Waals surface area contributed by atoms with Crippen molar-refractivity contribution in [3.05, 3.63) is 69.6 Å². The average Bonchev–Trinajstić information content (AvgIpc) is 2.76. The van der Waals surface area contributed by atoms with E-state index in [0.717, 1.165) is 4.57 Å². The highest BCUT2D eigenvalue weighted by Crippen LogP contribution is 2.23. The molecule has 1 aliphatic rings. The molecular weight excluding hydrogens is 408 g/mol. The fraction of sp³-hybridized carbons (Fsp3) is 0.364. The quantitative estimate of drug-likeness (QED) is 0.399. The Morgan fingerprint density at radius 1 is 1.10 bits per heavy atom. The largest absolute Gasteiger partial charge is 0.466 e. The molecular formula is C22H23ClN2O5. The van der Waals surface area contributed by atoms with Crippen molar-refractivity contribution >= 4 is 29.3 Å². The Kier molecular flexibility index (Phi) is 7.05. The fourth-order valence-corrected chi connectivity index (χ4v) is 3.68. The van der Waals surface area contributed by atoms with Crippen molar-refractivity contribution < 1.29 is 19.1 Å². The molecule has 1 saturated heterocycles. The molecule has 0 aliphatic carbocycles. The molecule has 1 amide bonds. The minimum atomic E-state index is -1.32. The van der Waals surface area contributed by atoms with E-state index < -0.39 is 23.3 Å². The highest BCUT2D eigenvalue weighted by molar-refractivity contribution is 6.30. The lowest BCUT2D eigenvalue weighted by atomic mass is 9.95. The van der Waals surface area contributed by atoms with Gasteiger partial charge in [-0.1, -0.05) is 17.7 Å². The lowest BCUT2D eigenvalue weighted by Gasteiger charge is -2.33. The van der Waals surface area contributed by atoms with Gasteiger partial charge in [0, 0.05) is 35.9 Å². The maximum absolute atomic E-state index is 13.3. The van der Waals surface area contributed by atoms with E-state index in [4.69, 9.17) is 16.3 Å². The van der Waals surface area contributed by atoms with Crippen molar-refractivity contribution in [2.75, 3.05) is 19.7 Å². The molecule has 1 aromatic carbocycles. The summed E-state index contributed by atoms with van der Waals surface area (Å²) in [6.07, 6.45) is 2.34. The number of halogens is 1. The molecule has 2 aromatic rings. The summed E-state index contributed by atoms with van der Waals surface area (Å²) in [5.74, 6) is -1.49. The number of benzene rings is 1. The molecule has 7 nitrogen and oxygen atoms in total. The Bertz CT molecular complexity index is 978. The molecule has 30 heavy (non-hydrogen) atoms. The van der Waals surface area contributed by atoms with Gasteiger partial charge in [-0.05, 0) is 50.1 Å². The maximum Gasteiger partial charge on any atom is 0.309 e. The van der Waals surface area contributed by atoms with E-state index in [0.29, 0.717) is 37.6 Å². The number of rotatable bonds is 6. The van der Waals surface area contributed by atoms with Crippen molar-refractivity contribution in [2.24, 2.45) is 5.92 Å². The van der Waals surface area contributed by atoms with Crippen LogP contribution in [0.25, 0.3) is 0 Å². The van der Waals surface area contributed by atoms with Crippen LogP contribution in [-0.2, 0) is 14.3 Å². The minimum absolute atomic E-state index is 0.265. The second-order valence-corrected chi connectivity index (χ2v) is 7.51. The van der Waals surface area contributed by atoms with Crippen molar-refractivity contribution in [1.82, 2.24) is 9.47 Å². The van der Waals surface area contributed by atoms with Crippen LogP contribution in [0.4, 0.5) is 0 Å². The normalized spacial score (nSPS) is 15.5. The van der Waals surface area contributed by atoms with Crippen LogP contribution in [0.2, 0.25) is 5.02 Å². The maximum atomic E-state index is 13.3. The Morgan fingerprint density at radius 3 is 2.37 bits per heavy atom. The summed E-state index contributed by atoms with van der Waals surface area (Å²) in [6, 6.07) is 9.34. The molecule has 0 spiro atoms. The van der Waals surface area contributed by atoms with Crippen LogP contribution in [0.15, 0.2) is 53.5 Å². The van der Waals surface area contributed by atoms with Crippen molar-refractivity contribution in [2.45, 2.75) is 25.8 Å². The predicted molar refractivity (Wildman–Crippen MR) is 111 cm³/mol. The zero-order valence-electron chi connectivity index (χ0n) is 16.6. The number of piperidine rings is 1. The summed E-state index contributed by atoms with van der Waals surface area (Å²) < 4.78 is 6.21. The molecule has 1 aromatic heterocycles. The van der Waals surface area contributed by atoms with Gasteiger partial charge >= 0.3 is 5.97 Å². The number of carbonyl (C=O) groups is 3. The first-order valence-electron chi connectivity index (χ1n) is 9.84. The highest BCUT2D eigenvalue weighted by atomic mass is 35.5. The monoisotopic (exact) mass is 430 g/mol. The molecule has 0 N–H and O–H groups in total. The molecule has 3 rings (SSSR count). The number of Topliss-reactive ketones (excluding diaryl/α,β-unsaturated/α-hetero) is 1. The van der Waals surface area contributed by atoms with E-state index in [9.17, 15) is 19.2 Å². The van der Waals surface area contributed by atoms with E-state index in [-0.39, 0.29) is 17.5 Å². The molecule has 1 aliphatic heterocycles. The van der Waals surface area contributed by atoms with Gasteiger partial charge in [-0.2, -0.15) is 0 Å². The van der Waals surface area contributed by atoms with E-state index in [1.165, 1.54) is 29.3 Å². The summed E-state index contributed by atoms with van der Waals surface area (Å²) in [5.41, 5.74) is -0.158. The Morgan fingerprint density at radius 2 is 1.77 bits per heavy atom. The van der Waals surface area contributed by atoms with Crippen LogP contribution in [0.5, 0.6) is 0 Å². The summed E-state index contributed by atoms with van der Waals surface area (Å²) in [4.78, 5) is 52.5. The molecule has 1 fully saturated rings. The number of amides is 1. The summed E-state index contributed by atoms with van der Waals surface area (Å²) in [7, 11) is 0. The number of pyridine rings is 1. The van der Waals surface area contributed by atoms with Crippen LogP contribution in [-0.4, -0.2) is 46.8 Å². The summed E-state index contributed by atoms with van der Waals surface area (Å²) in [5, 5.41) is 0.465. The van der Waals surface area contributed by atoms with E-state index in [2.05, 4.69) is 0 Å². The number of aromatic nitrogens is 1. The molecule has 0 radical (unpaired) electrons. The first-order chi connectivity index (χ1) is 14.4. The molecule has 0 bridgehead atoms. The van der Waals surface area contributed by atoms with Crippen molar-refractivity contribution in [3.63, 3.8) is 0 Å². The average molecular weight is 431 g/mol. The number of hydrogen-bond donors (Lipinski definition) is 0. The third-order valence-electron chi connectivity index (χ3n) is 5.17. The van der Waals surface area contributed by atoms with E-state index >= 15 is 0 Å². The van der Waals surface area contributed by atoms with E-state index in [1.807, 2.05) is 0 Å². The number of ether oxygens (including phenoxy) is 1. The van der Waals surface area contributed by atoms with Gasteiger partial charge in [-0.3, -0.25) is 23.7 Å². The summed E-state index contributed by atoms with van der Waals surface area (Å²) in [6.45, 7) is 2.69. The molecule has 1 atom stereocenters. The topological polar surface area (TPSA) is 85.7 Å². The lowest BCUT2D eigenvalue weighted by molar-refractivity contribution is -0.151. The first kappa shape index (κ1) is 21.8. The van der Waals surface area contributed by atoms with Gasteiger partial charge in [-0.25, -0.2) is 0 Å². The predicted octanol–water partition coefficient (Wildman–Crippen LogP) is 2.73. The SMILES string of the molecule is CCOC(=O)C1CCN(C(=O)C(C(=O)c2ccc(Cl)cc2)n2ccccc2=O)CC1. The number of carbonyl (C=O) groups excluding carboxylic acids is 3. The van der Waals surface area contributed by atoms with Crippen LogP contribution < -0.4 is 5.56 Å². The van der Waals surface area contributed by atoms with Gasteiger partial charge in [0.05, 0.1) is 12.5 Å². The Balaban J connectivity index is 1.86. The van der Waals surface area contributed by atoms with Gasteiger partial charge in [-0.15, -0.1) is 0 Å². The van der Waals surface area contributed by atoms with Crippen LogP contribution >= 0.6 is 11.6 Å². The third-order valence-corrected chi connectivity index (χ3v) is 5.42. The van der Waals surface area contributed by atoms with Gasteiger partial charge in [0.15, 0.2) is 11.8 Å². The number of hydrogen-bond acceptors (Lipinski definition) is 5. The van der Waals surface area contributed by atoms with Gasteiger partial charge < -0.3 is 9.64 Å². The zero-order valence-corrected chi connectivity index (χ0v) is 17.4. The van der Waals surface area contributed by atoms with E-state index in [1.54, 1.807) is 31.2 Å². The smallest absolute Gasteiger partial charge is 0.309 e. The molecule has 8 heteroatoms. The van der Waals surface area contributed by atoms with Gasteiger partial charge in [0.2, 0.25) is 0 Å². The van der Waals surface area contributed by atoms with Gasteiger partial charge in [0.1, 0.15) is 0 Å². The number of ketones is 1. The Labute approximate surface area is 179 Å². The molecule has 1 unspecified atom stereocenters. The van der Waals surface area contributed by atoms with Crippen LogP contribution in [0.1, 0.15) is 36.2 Å².